The molecule has 0 spiro atoms. The smallest absolute Gasteiger partial charge is 0.123 e. The third-order valence-electron chi connectivity index (χ3n) is 4.33. The summed E-state index contributed by atoms with van der Waals surface area (Å²) < 4.78 is 0. The average molecular weight is 400 g/mol. The van der Waals surface area contributed by atoms with Crippen molar-refractivity contribution in [1.29, 1.82) is 0 Å². The van der Waals surface area contributed by atoms with Crippen molar-refractivity contribution >= 4 is 35.6 Å². The Bertz CT molecular complexity index is 728. The van der Waals surface area contributed by atoms with Gasteiger partial charge in [0.1, 0.15) is 5.75 Å². The molecule has 0 aliphatic heterocycles. The molecule has 0 amide bonds. The van der Waals surface area contributed by atoms with Crippen molar-refractivity contribution in [2.75, 3.05) is 0 Å². The fraction of sp³-hybridized carbons (Fsp3) is 0.300. The molecule has 0 fully saturated rings. The van der Waals surface area contributed by atoms with Gasteiger partial charge in [-0.3, -0.25) is 6.08 Å². The van der Waals surface area contributed by atoms with Crippen LogP contribution >= 0.6 is 24.8 Å². The second kappa shape index (κ2) is 10.3. The van der Waals surface area contributed by atoms with Crippen molar-refractivity contribution in [2.24, 2.45) is 5.41 Å². The van der Waals surface area contributed by atoms with Gasteiger partial charge in [-0.2, -0.15) is 11.1 Å². The molecule has 4 heteroatoms. The topological polar surface area (TPSA) is 20.2 Å². The number of fused-ring (bicyclic) bond motifs is 1. The molecular weight excluding hydrogens is 375 g/mol. The molecule has 0 unspecified atom stereocenters. The maximum atomic E-state index is 9.37. The molecule has 1 N–H and O–H groups in total. The molecule has 0 atom stereocenters. The third kappa shape index (κ3) is 5.67. The first-order chi connectivity index (χ1) is 9.83. The largest absolute Gasteiger partial charge is 0.507 e. The normalized spacial score (nSPS) is 14.5. The Labute approximate surface area is 172 Å². The summed E-state index contributed by atoms with van der Waals surface area (Å²) in [6.07, 6.45) is 3.44. The van der Waals surface area contributed by atoms with Crippen LogP contribution in [0.1, 0.15) is 34.6 Å². The summed E-state index contributed by atoms with van der Waals surface area (Å²) in [5, 5.41) is 11.4. The number of phenols is 1. The Balaban J connectivity index is 0. The van der Waals surface area contributed by atoms with E-state index >= 15 is 0 Å². The van der Waals surface area contributed by atoms with Crippen LogP contribution in [-0.2, 0) is 21.7 Å². The van der Waals surface area contributed by atoms with E-state index in [4.69, 9.17) is 0 Å². The Hall–Kier alpha value is -0.726. The van der Waals surface area contributed by atoms with Crippen LogP contribution in [0.15, 0.2) is 59.2 Å². The minimum Gasteiger partial charge on any atom is -0.507 e. The molecule has 0 heterocycles. The summed E-state index contributed by atoms with van der Waals surface area (Å²) in [4.78, 5) is 0. The maximum Gasteiger partial charge on any atom is 0.123 e. The molecule has 1 nitrogen and oxygen atoms in total. The molecule has 0 saturated carbocycles. The van der Waals surface area contributed by atoms with Gasteiger partial charge in [0, 0.05) is 27.1 Å². The second-order valence-corrected chi connectivity index (χ2v) is 6.12. The van der Waals surface area contributed by atoms with E-state index in [1.165, 1.54) is 16.7 Å². The van der Waals surface area contributed by atoms with E-state index in [0.717, 1.165) is 10.8 Å². The van der Waals surface area contributed by atoms with Gasteiger partial charge >= 0.3 is 0 Å². The van der Waals surface area contributed by atoms with Gasteiger partial charge in [0.2, 0.25) is 0 Å². The minimum atomic E-state index is 0. The van der Waals surface area contributed by atoms with Crippen molar-refractivity contribution in [3.8, 4) is 5.75 Å². The number of allylic oxidation sites excluding steroid dienone is 4. The fourth-order valence-corrected chi connectivity index (χ4v) is 2.61. The average Bonchev–Trinajstić information content (AvgIpc) is 2.63. The Morgan fingerprint density at radius 3 is 1.83 bits per heavy atom. The van der Waals surface area contributed by atoms with Gasteiger partial charge in [-0.1, -0.05) is 69.5 Å². The van der Waals surface area contributed by atoms with Crippen molar-refractivity contribution in [1.82, 2.24) is 0 Å². The Morgan fingerprint density at radius 1 is 0.875 bits per heavy atom. The summed E-state index contributed by atoms with van der Waals surface area (Å²) in [5.74, 6) is 0.350. The third-order valence-corrected chi connectivity index (χ3v) is 4.33. The van der Waals surface area contributed by atoms with Crippen molar-refractivity contribution in [3.63, 3.8) is 0 Å². The number of halogens is 2. The summed E-state index contributed by atoms with van der Waals surface area (Å²) >= 11 is 0. The summed E-state index contributed by atoms with van der Waals surface area (Å²) in [6.45, 7) is 10.9. The predicted molar refractivity (Wildman–Crippen MR) is 105 cm³/mol. The summed E-state index contributed by atoms with van der Waals surface area (Å²) in [7, 11) is 0. The first-order valence-electron chi connectivity index (χ1n) is 7.29. The van der Waals surface area contributed by atoms with Crippen LogP contribution in [0, 0.1) is 11.5 Å². The van der Waals surface area contributed by atoms with Crippen LogP contribution in [-0.4, -0.2) is 5.11 Å². The zero-order valence-electron chi connectivity index (χ0n) is 14.8. The van der Waals surface area contributed by atoms with Gasteiger partial charge in [0.25, 0.3) is 0 Å². The number of rotatable bonds is 0. The number of hydrogen-bond donors (Lipinski definition) is 1. The van der Waals surface area contributed by atoms with Crippen molar-refractivity contribution in [3.05, 3.63) is 65.3 Å². The number of hydrogen-bond acceptors (Lipinski definition) is 1. The maximum absolute atomic E-state index is 9.37. The molecule has 0 bridgehead atoms. The van der Waals surface area contributed by atoms with E-state index < -0.39 is 0 Å². The molecule has 24 heavy (non-hydrogen) atoms. The number of phenolic OH excluding ortho intramolecular Hbond substituents is 1. The Kier molecular flexibility index (Phi) is 11.0. The molecule has 0 saturated heterocycles. The van der Waals surface area contributed by atoms with Crippen LogP contribution < -0.4 is 0 Å². The van der Waals surface area contributed by atoms with E-state index in [0.29, 0.717) is 5.75 Å². The summed E-state index contributed by atoms with van der Waals surface area (Å²) in [6, 6.07) is 13.3. The molecule has 130 valence electrons. The van der Waals surface area contributed by atoms with Crippen LogP contribution in [0.25, 0.3) is 10.8 Å². The molecule has 1 aliphatic rings. The first kappa shape index (κ1) is 25.5. The Morgan fingerprint density at radius 2 is 1.42 bits per heavy atom. The van der Waals surface area contributed by atoms with E-state index in [-0.39, 0.29) is 51.9 Å². The standard InChI is InChI=1S/C10H8O.C10H15.2ClH.Ti/c11-10-7-3-5-8-4-1-2-6-9(8)10;1-7-6-10(4,5)9(3)8(7)2;;;/h1-7,11H;1-5H3;2*1H;/q;-1;;;. The predicted octanol–water partition coefficient (Wildman–Crippen LogP) is 6.50. The van der Waals surface area contributed by atoms with E-state index in [1.807, 2.05) is 36.4 Å². The van der Waals surface area contributed by atoms with Gasteiger partial charge in [0.15, 0.2) is 0 Å². The molecule has 1 aliphatic carbocycles. The van der Waals surface area contributed by atoms with Crippen LogP contribution in [0.5, 0.6) is 5.75 Å². The van der Waals surface area contributed by atoms with Gasteiger partial charge in [-0.15, -0.1) is 31.7 Å². The summed E-state index contributed by atoms with van der Waals surface area (Å²) in [5.41, 5.74) is 4.39. The first-order valence-corrected chi connectivity index (χ1v) is 7.29. The zero-order chi connectivity index (χ0) is 15.6. The zero-order valence-corrected chi connectivity index (χ0v) is 18.0. The van der Waals surface area contributed by atoms with E-state index in [1.54, 1.807) is 6.07 Å². The molecule has 0 radical (unpaired) electrons. The van der Waals surface area contributed by atoms with E-state index in [9.17, 15) is 5.11 Å². The number of benzene rings is 2. The van der Waals surface area contributed by atoms with Crippen LogP contribution in [0.3, 0.4) is 0 Å². The SMILES string of the molecule is CC1=[C-]C(C)(C)C(C)=C1C.Cl.Cl.Oc1cccc2ccccc12.[Ti]. The number of aromatic hydroxyl groups is 1. The second-order valence-electron chi connectivity index (χ2n) is 6.12. The van der Waals surface area contributed by atoms with Gasteiger partial charge in [-0.25, -0.2) is 5.57 Å². The van der Waals surface area contributed by atoms with Crippen LogP contribution in [0.2, 0.25) is 0 Å². The van der Waals surface area contributed by atoms with Gasteiger partial charge < -0.3 is 5.11 Å². The molecule has 3 rings (SSSR count). The molecular formula is C20H25Cl2OTi-. The molecule has 0 aromatic heterocycles. The minimum absolute atomic E-state index is 0. The van der Waals surface area contributed by atoms with Crippen molar-refractivity contribution < 1.29 is 26.8 Å². The van der Waals surface area contributed by atoms with Crippen molar-refractivity contribution in [2.45, 2.75) is 34.6 Å². The van der Waals surface area contributed by atoms with E-state index in [2.05, 4.69) is 40.7 Å². The quantitative estimate of drug-likeness (QED) is 0.396. The monoisotopic (exact) mass is 399 g/mol. The van der Waals surface area contributed by atoms with Gasteiger partial charge in [-0.05, 0) is 11.5 Å². The van der Waals surface area contributed by atoms with Crippen LogP contribution in [0.4, 0.5) is 0 Å². The fourth-order valence-electron chi connectivity index (χ4n) is 2.61. The van der Waals surface area contributed by atoms with Gasteiger partial charge in [0.05, 0.1) is 0 Å². The molecule has 2 aromatic rings. The molecule has 2 aromatic carbocycles.